The first-order valence-electron chi connectivity index (χ1n) is 9.69. The highest BCUT2D eigenvalue weighted by molar-refractivity contribution is 6.35. The fraction of sp³-hybridized carbons (Fsp3) is 0.524. The van der Waals surface area contributed by atoms with Gasteiger partial charge in [0.15, 0.2) is 0 Å². The van der Waals surface area contributed by atoms with Crippen LogP contribution in [-0.4, -0.2) is 72.9 Å². The molecule has 0 spiro atoms. The molecule has 0 aliphatic carbocycles. The zero-order valence-electron chi connectivity index (χ0n) is 16.7. The maximum absolute atomic E-state index is 12.8. The average molecular weight is 371 g/mol. The molecule has 0 bridgehead atoms. The highest BCUT2D eigenvalue weighted by Gasteiger charge is 2.40. The SMILES string of the molecule is CCN1CCN(C2=C(c3ccc(OCC(C)C)cc3)C(=O)N(C)C2=O)CC1. The Bertz CT molecular complexity index is 732. The summed E-state index contributed by atoms with van der Waals surface area (Å²) in [5.74, 6) is 0.781. The van der Waals surface area contributed by atoms with E-state index in [9.17, 15) is 9.59 Å². The van der Waals surface area contributed by atoms with Crippen LogP contribution in [-0.2, 0) is 9.59 Å². The molecule has 1 saturated heterocycles. The van der Waals surface area contributed by atoms with E-state index in [0.29, 0.717) is 23.8 Å². The number of amides is 2. The third-order valence-electron chi connectivity index (χ3n) is 5.12. The van der Waals surface area contributed by atoms with E-state index in [2.05, 4.69) is 30.6 Å². The summed E-state index contributed by atoms with van der Waals surface area (Å²) in [5.41, 5.74) is 1.81. The topological polar surface area (TPSA) is 53.1 Å². The Balaban J connectivity index is 1.88. The zero-order valence-corrected chi connectivity index (χ0v) is 16.7. The Hall–Kier alpha value is -2.34. The maximum Gasteiger partial charge on any atom is 0.277 e. The van der Waals surface area contributed by atoms with Crippen LogP contribution in [0.2, 0.25) is 0 Å². The van der Waals surface area contributed by atoms with Gasteiger partial charge in [0.1, 0.15) is 11.4 Å². The lowest BCUT2D eigenvalue weighted by Gasteiger charge is -2.35. The molecule has 0 atom stereocenters. The molecule has 2 aliphatic heterocycles. The quantitative estimate of drug-likeness (QED) is 0.717. The average Bonchev–Trinajstić information content (AvgIpc) is 2.91. The van der Waals surface area contributed by atoms with Gasteiger partial charge in [-0.25, -0.2) is 0 Å². The highest BCUT2D eigenvalue weighted by Crippen LogP contribution is 2.32. The zero-order chi connectivity index (χ0) is 19.6. The summed E-state index contributed by atoms with van der Waals surface area (Å²) in [7, 11) is 1.56. The molecule has 2 aliphatic rings. The lowest BCUT2D eigenvalue weighted by Crippen LogP contribution is -2.47. The number of likely N-dealkylation sites (N-methyl/N-ethyl adjacent to an activating group) is 2. The lowest BCUT2D eigenvalue weighted by atomic mass is 10.0. The molecule has 27 heavy (non-hydrogen) atoms. The van der Waals surface area contributed by atoms with Crippen molar-refractivity contribution < 1.29 is 14.3 Å². The van der Waals surface area contributed by atoms with Gasteiger partial charge >= 0.3 is 0 Å². The Morgan fingerprint density at radius 3 is 2.19 bits per heavy atom. The summed E-state index contributed by atoms with van der Waals surface area (Å²) in [6, 6.07) is 7.48. The Morgan fingerprint density at radius 2 is 1.63 bits per heavy atom. The monoisotopic (exact) mass is 371 g/mol. The van der Waals surface area contributed by atoms with E-state index >= 15 is 0 Å². The number of rotatable bonds is 6. The van der Waals surface area contributed by atoms with Gasteiger partial charge in [0, 0.05) is 33.2 Å². The van der Waals surface area contributed by atoms with Gasteiger partial charge in [-0.15, -0.1) is 0 Å². The van der Waals surface area contributed by atoms with Crippen LogP contribution in [0.5, 0.6) is 5.75 Å². The second-order valence-corrected chi connectivity index (χ2v) is 7.54. The third-order valence-corrected chi connectivity index (χ3v) is 5.12. The van der Waals surface area contributed by atoms with E-state index in [0.717, 1.165) is 44.0 Å². The normalized spacial score (nSPS) is 18.9. The van der Waals surface area contributed by atoms with Gasteiger partial charge in [-0.2, -0.15) is 0 Å². The van der Waals surface area contributed by atoms with Gasteiger partial charge in [0.05, 0.1) is 12.2 Å². The van der Waals surface area contributed by atoms with Crippen LogP contribution in [0.1, 0.15) is 26.3 Å². The van der Waals surface area contributed by atoms with Gasteiger partial charge in [-0.05, 0) is 30.2 Å². The molecule has 146 valence electrons. The van der Waals surface area contributed by atoms with Crippen molar-refractivity contribution in [2.24, 2.45) is 5.92 Å². The molecule has 0 N–H and O–H groups in total. The molecule has 2 heterocycles. The van der Waals surface area contributed by atoms with Gasteiger partial charge in [-0.3, -0.25) is 14.5 Å². The minimum absolute atomic E-state index is 0.208. The lowest BCUT2D eigenvalue weighted by molar-refractivity contribution is -0.136. The number of hydrogen-bond donors (Lipinski definition) is 0. The van der Waals surface area contributed by atoms with Gasteiger partial charge in [0.2, 0.25) is 0 Å². The number of ether oxygens (including phenoxy) is 1. The fourth-order valence-electron chi connectivity index (χ4n) is 3.45. The summed E-state index contributed by atoms with van der Waals surface area (Å²) < 4.78 is 5.73. The Labute approximate surface area is 161 Å². The standard InChI is InChI=1S/C21H29N3O3/c1-5-23-10-12-24(13-11-23)19-18(20(25)22(4)21(19)26)16-6-8-17(9-7-16)27-14-15(2)3/h6-9,15H,5,10-14H2,1-4H3. The Morgan fingerprint density at radius 1 is 1.00 bits per heavy atom. The molecule has 0 saturated carbocycles. The summed E-state index contributed by atoms with van der Waals surface area (Å²) >= 11 is 0. The number of piperazine rings is 1. The smallest absolute Gasteiger partial charge is 0.277 e. The minimum atomic E-state index is -0.233. The van der Waals surface area contributed by atoms with Gasteiger partial charge in [0.25, 0.3) is 11.8 Å². The third kappa shape index (κ3) is 4.00. The van der Waals surface area contributed by atoms with Gasteiger partial charge in [-0.1, -0.05) is 32.9 Å². The van der Waals surface area contributed by atoms with E-state index in [1.165, 1.54) is 4.90 Å². The van der Waals surface area contributed by atoms with Crippen LogP contribution in [0.3, 0.4) is 0 Å². The van der Waals surface area contributed by atoms with Crippen molar-refractivity contribution in [3.05, 3.63) is 35.5 Å². The van der Waals surface area contributed by atoms with Crippen LogP contribution in [0, 0.1) is 5.92 Å². The predicted octanol–water partition coefficient (Wildman–Crippen LogP) is 2.07. The minimum Gasteiger partial charge on any atom is -0.493 e. The second kappa shape index (κ2) is 8.13. The van der Waals surface area contributed by atoms with Crippen LogP contribution >= 0.6 is 0 Å². The van der Waals surface area contributed by atoms with E-state index in [4.69, 9.17) is 4.74 Å². The number of imide groups is 1. The number of carbonyl (C=O) groups is 2. The second-order valence-electron chi connectivity index (χ2n) is 7.54. The summed E-state index contributed by atoms with van der Waals surface area (Å²) in [6.45, 7) is 11.3. The van der Waals surface area contributed by atoms with E-state index < -0.39 is 0 Å². The van der Waals surface area contributed by atoms with Crippen LogP contribution in [0.15, 0.2) is 30.0 Å². The predicted molar refractivity (Wildman–Crippen MR) is 105 cm³/mol. The first-order chi connectivity index (χ1) is 12.9. The van der Waals surface area contributed by atoms with Crippen molar-refractivity contribution >= 4 is 17.4 Å². The summed E-state index contributed by atoms with van der Waals surface area (Å²) in [5, 5.41) is 0. The molecule has 0 aromatic heterocycles. The van der Waals surface area contributed by atoms with Crippen LogP contribution in [0.25, 0.3) is 5.57 Å². The molecule has 3 rings (SSSR count). The van der Waals surface area contributed by atoms with Crippen molar-refractivity contribution in [2.75, 3.05) is 46.4 Å². The van der Waals surface area contributed by atoms with Crippen LogP contribution in [0.4, 0.5) is 0 Å². The first kappa shape index (κ1) is 19.4. The van der Waals surface area contributed by atoms with Crippen molar-refractivity contribution in [1.82, 2.24) is 14.7 Å². The molecular weight excluding hydrogens is 342 g/mol. The van der Waals surface area contributed by atoms with E-state index in [1.807, 2.05) is 24.3 Å². The molecule has 1 fully saturated rings. The summed E-state index contributed by atoms with van der Waals surface area (Å²) in [4.78, 5) is 31.2. The Kier molecular flexibility index (Phi) is 5.85. The largest absolute Gasteiger partial charge is 0.493 e. The highest BCUT2D eigenvalue weighted by atomic mass is 16.5. The molecular formula is C21H29N3O3. The van der Waals surface area contributed by atoms with E-state index in [1.54, 1.807) is 7.05 Å². The number of nitrogens with zero attached hydrogens (tertiary/aromatic N) is 3. The molecule has 1 aromatic rings. The van der Waals surface area contributed by atoms with Crippen molar-refractivity contribution in [3.63, 3.8) is 0 Å². The van der Waals surface area contributed by atoms with Crippen molar-refractivity contribution in [1.29, 1.82) is 0 Å². The first-order valence-corrected chi connectivity index (χ1v) is 9.69. The molecule has 1 aromatic carbocycles. The fourth-order valence-corrected chi connectivity index (χ4v) is 3.45. The number of hydrogen-bond acceptors (Lipinski definition) is 5. The van der Waals surface area contributed by atoms with Crippen LogP contribution < -0.4 is 4.74 Å². The molecule has 6 heteroatoms. The van der Waals surface area contributed by atoms with E-state index in [-0.39, 0.29) is 11.8 Å². The number of benzene rings is 1. The maximum atomic E-state index is 12.8. The molecule has 6 nitrogen and oxygen atoms in total. The molecule has 2 amide bonds. The molecule has 0 radical (unpaired) electrons. The summed E-state index contributed by atoms with van der Waals surface area (Å²) in [6.07, 6.45) is 0. The van der Waals surface area contributed by atoms with Gasteiger partial charge < -0.3 is 14.5 Å². The number of carbonyl (C=O) groups excluding carboxylic acids is 2. The van der Waals surface area contributed by atoms with Crippen molar-refractivity contribution in [2.45, 2.75) is 20.8 Å². The molecule has 0 unspecified atom stereocenters. The van der Waals surface area contributed by atoms with Crippen molar-refractivity contribution in [3.8, 4) is 5.75 Å².